The van der Waals surface area contributed by atoms with Crippen LogP contribution in [0.5, 0.6) is 0 Å². The number of carbonyl (C=O) groups excluding carboxylic acids is 2. The van der Waals surface area contributed by atoms with Gasteiger partial charge in [0.15, 0.2) is 0 Å². The topological polar surface area (TPSA) is 43.9 Å². The Kier molecular flexibility index (Phi) is 6.07. The fourth-order valence-electron chi connectivity index (χ4n) is 3.44. The van der Waals surface area contributed by atoms with Gasteiger partial charge in [-0.2, -0.15) is 0 Å². The Hall–Kier alpha value is -1.05. The summed E-state index contributed by atoms with van der Waals surface area (Å²) in [4.78, 5) is 32.1. The van der Waals surface area contributed by atoms with Gasteiger partial charge in [-0.25, -0.2) is 0 Å². The van der Waals surface area contributed by atoms with E-state index in [1.54, 1.807) is 23.1 Å². The molecule has 1 aromatic heterocycles. The minimum absolute atomic E-state index is 0.0329. The Morgan fingerprint density at radius 2 is 1.96 bits per heavy atom. The van der Waals surface area contributed by atoms with Crippen LogP contribution in [0.3, 0.4) is 0 Å². The van der Waals surface area contributed by atoms with E-state index in [1.165, 1.54) is 10.4 Å². The number of thioether (sulfide) groups is 1. The van der Waals surface area contributed by atoms with Crippen molar-refractivity contribution in [1.82, 2.24) is 14.7 Å². The standard InChI is InChI=1S/C18H27N3O2S2/c1-4-15(22)20-9-6-19(7-10-20)8-11-21-17(23)14(3)25-18(21)16-13(2)5-12-24-16/h5,12,14,18H,4,6-11H2,1-3H3. The van der Waals surface area contributed by atoms with E-state index in [0.29, 0.717) is 6.42 Å². The number of nitrogens with zero attached hydrogens (tertiary/aromatic N) is 3. The molecule has 0 N–H and O–H groups in total. The largest absolute Gasteiger partial charge is 0.340 e. The summed E-state index contributed by atoms with van der Waals surface area (Å²) in [5, 5.41) is 2.30. The third kappa shape index (κ3) is 4.04. The average molecular weight is 382 g/mol. The first-order valence-electron chi connectivity index (χ1n) is 9.01. The van der Waals surface area contributed by atoms with Crippen LogP contribution in [0, 0.1) is 6.92 Å². The second kappa shape index (κ2) is 8.10. The monoisotopic (exact) mass is 381 g/mol. The van der Waals surface area contributed by atoms with Gasteiger partial charge in [0.05, 0.1) is 5.25 Å². The number of carbonyl (C=O) groups is 2. The van der Waals surface area contributed by atoms with Gasteiger partial charge in [0.1, 0.15) is 5.37 Å². The molecule has 25 heavy (non-hydrogen) atoms. The molecule has 0 spiro atoms. The lowest BCUT2D eigenvalue weighted by Crippen LogP contribution is -2.50. The molecular formula is C18H27N3O2S2. The van der Waals surface area contributed by atoms with Crippen LogP contribution >= 0.6 is 23.1 Å². The highest BCUT2D eigenvalue weighted by atomic mass is 32.2. The van der Waals surface area contributed by atoms with E-state index in [-0.39, 0.29) is 22.4 Å². The molecule has 2 amide bonds. The summed E-state index contributed by atoms with van der Waals surface area (Å²) in [5.41, 5.74) is 1.28. The molecular weight excluding hydrogens is 354 g/mol. The minimum atomic E-state index is 0.0329. The highest BCUT2D eigenvalue weighted by Crippen LogP contribution is 2.45. The molecule has 3 heterocycles. The molecule has 0 aliphatic carbocycles. The Morgan fingerprint density at radius 3 is 2.56 bits per heavy atom. The van der Waals surface area contributed by atoms with Crippen LogP contribution in [-0.4, -0.2) is 71.0 Å². The van der Waals surface area contributed by atoms with Crippen LogP contribution in [0.2, 0.25) is 0 Å². The number of hydrogen-bond acceptors (Lipinski definition) is 5. The first-order valence-corrected chi connectivity index (χ1v) is 10.8. The van der Waals surface area contributed by atoms with Crippen molar-refractivity contribution in [2.24, 2.45) is 0 Å². The molecule has 0 aromatic carbocycles. The third-order valence-corrected chi connectivity index (χ3v) is 7.64. The number of piperazine rings is 1. The minimum Gasteiger partial charge on any atom is -0.340 e. The molecule has 3 rings (SSSR count). The summed E-state index contributed by atoms with van der Waals surface area (Å²) in [6.07, 6.45) is 0.583. The molecule has 2 unspecified atom stereocenters. The van der Waals surface area contributed by atoms with Crippen molar-refractivity contribution in [2.75, 3.05) is 39.3 Å². The molecule has 0 radical (unpaired) electrons. The van der Waals surface area contributed by atoms with E-state index in [9.17, 15) is 9.59 Å². The van der Waals surface area contributed by atoms with E-state index < -0.39 is 0 Å². The van der Waals surface area contributed by atoms with Crippen molar-refractivity contribution in [3.05, 3.63) is 21.9 Å². The lowest BCUT2D eigenvalue weighted by Gasteiger charge is -2.36. The van der Waals surface area contributed by atoms with Gasteiger partial charge in [-0.05, 0) is 30.9 Å². The number of thiophene rings is 1. The number of amides is 2. The van der Waals surface area contributed by atoms with Crippen molar-refractivity contribution in [1.29, 1.82) is 0 Å². The molecule has 138 valence electrons. The number of rotatable bonds is 5. The Labute approximate surface area is 158 Å². The zero-order valence-corrected chi connectivity index (χ0v) is 16.9. The van der Waals surface area contributed by atoms with E-state index in [4.69, 9.17) is 0 Å². The highest BCUT2D eigenvalue weighted by molar-refractivity contribution is 8.01. The van der Waals surface area contributed by atoms with Crippen LogP contribution in [0.4, 0.5) is 0 Å². The second-order valence-electron chi connectivity index (χ2n) is 6.71. The predicted octanol–water partition coefficient (Wildman–Crippen LogP) is 2.57. The maximum Gasteiger partial charge on any atom is 0.236 e. The van der Waals surface area contributed by atoms with E-state index in [2.05, 4.69) is 28.2 Å². The fourth-order valence-corrected chi connectivity index (χ4v) is 5.99. The lowest BCUT2D eigenvalue weighted by atomic mass is 10.2. The lowest BCUT2D eigenvalue weighted by molar-refractivity contribution is -0.132. The van der Waals surface area contributed by atoms with Crippen molar-refractivity contribution < 1.29 is 9.59 Å². The Bertz CT molecular complexity index is 626. The molecule has 2 aliphatic heterocycles. The highest BCUT2D eigenvalue weighted by Gasteiger charge is 2.39. The first kappa shape index (κ1) is 18.7. The first-order chi connectivity index (χ1) is 12.0. The molecule has 1 aromatic rings. The molecule has 2 saturated heterocycles. The molecule has 5 nitrogen and oxygen atoms in total. The van der Waals surface area contributed by atoms with Crippen LogP contribution in [0.1, 0.15) is 36.1 Å². The summed E-state index contributed by atoms with van der Waals surface area (Å²) < 4.78 is 0. The Morgan fingerprint density at radius 1 is 1.24 bits per heavy atom. The Balaban J connectivity index is 1.57. The number of hydrogen-bond donors (Lipinski definition) is 0. The zero-order valence-electron chi connectivity index (χ0n) is 15.2. The van der Waals surface area contributed by atoms with Gasteiger partial charge >= 0.3 is 0 Å². The maximum absolute atomic E-state index is 12.6. The molecule has 0 bridgehead atoms. The van der Waals surface area contributed by atoms with Crippen LogP contribution in [-0.2, 0) is 9.59 Å². The van der Waals surface area contributed by atoms with Gasteiger partial charge < -0.3 is 9.80 Å². The summed E-state index contributed by atoms with van der Waals surface area (Å²) in [6.45, 7) is 11.1. The summed E-state index contributed by atoms with van der Waals surface area (Å²) in [7, 11) is 0. The van der Waals surface area contributed by atoms with Gasteiger partial charge in [-0.3, -0.25) is 14.5 Å². The van der Waals surface area contributed by atoms with E-state index in [1.807, 2.05) is 18.7 Å². The molecule has 2 fully saturated rings. The zero-order chi connectivity index (χ0) is 18.0. The quantitative estimate of drug-likeness (QED) is 0.786. The van der Waals surface area contributed by atoms with Gasteiger partial charge in [0.2, 0.25) is 11.8 Å². The van der Waals surface area contributed by atoms with E-state index in [0.717, 1.165) is 39.3 Å². The normalized spacial score (nSPS) is 25.0. The molecule has 2 aliphatic rings. The van der Waals surface area contributed by atoms with Gasteiger partial charge in [0, 0.05) is 50.6 Å². The summed E-state index contributed by atoms with van der Waals surface area (Å²) in [6, 6.07) is 2.14. The van der Waals surface area contributed by atoms with Gasteiger partial charge in [0.25, 0.3) is 0 Å². The molecule has 2 atom stereocenters. The van der Waals surface area contributed by atoms with Gasteiger partial charge in [-0.15, -0.1) is 23.1 Å². The number of aryl methyl sites for hydroxylation is 1. The van der Waals surface area contributed by atoms with Crippen molar-refractivity contribution in [3.63, 3.8) is 0 Å². The maximum atomic E-state index is 12.6. The SMILES string of the molecule is CCC(=O)N1CCN(CCN2C(=O)C(C)SC2c2sccc2C)CC1. The second-order valence-corrected chi connectivity index (χ2v) is 9.08. The summed E-state index contributed by atoms with van der Waals surface area (Å²) in [5.74, 6) is 0.496. The van der Waals surface area contributed by atoms with E-state index >= 15 is 0 Å². The van der Waals surface area contributed by atoms with Crippen LogP contribution in [0.25, 0.3) is 0 Å². The fraction of sp³-hybridized carbons (Fsp3) is 0.667. The summed E-state index contributed by atoms with van der Waals surface area (Å²) >= 11 is 3.51. The third-order valence-electron chi connectivity index (χ3n) is 5.06. The van der Waals surface area contributed by atoms with Crippen LogP contribution < -0.4 is 0 Å². The smallest absolute Gasteiger partial charge is 0.236 e. The van der Waals surface area contributed by atoms with Crippen molar-refractivity contribution in [3.8, 4) is 0 Å². The molecule has 7 heteroatoms. The predicted molar refractivity (Wildman–Crippen MR) is 104 cm³/mol. The van der Waals surface area contributed by atoms with Crippen LogP contribution in [0.15, 0.2) is 11.4 Å². The molecule has 0 saturated carbocycles. The average Bonchev–Trinajstić information content (AvgIpc) is 3.16. The van der Waals surface area contributed by atoms with Gasteiger partial charge in [-0.1, -0.05) is 6.92 Å². The van der Waals surface area contributed by atoms with Crippen molar-refractivity contribution >= 4 is 34.9 Å². The van der Waals surface area contributed by atoms with Crippen molar-refractivity contribution in [2.45, 2.75) is 37.8 Å².